The molecule has 0 spiro atoms. The van der Waals surface area contributed by atoms with Crippen LogP contribution < -0.4 is 0 Å². The monoisotopic (exact) mass is 226 g/mol. The Kier molecular flexibility index (Phi) is 11.3. The third kappa shape index (κ3) is 24.5. The number of aliphatic carboxylic acids is 2. The van der Waals surface area contributed by atoms with Crippen molar-refractivity contribution in [3.63, 3.8) is 0 Å². The van der Waals surface area contributed by atoms with E-state index in [0.29, 0.717) is 5.75 Å². The quantitative estimate of drug-likeness (QED) is 0.543. The molecule has 1 unspecified atom stereocenters. The fourth-order valence-electron chi connectivity index (χ4n) is 0.348. The van der Waals surface area contributed by atoms with Crippen LogP contribution in [0, 0.1) is 0 Å². The van der Waals surface area contributed by atoms with E-state index in [4.69, 9.17) is 10.2 Å². The summed E-state index contributed by atoms with van der Waals surface area (Å²) in [7, 11) is 0. The first-order valence-electron chi connectivity index (χ1n) is 3.62. The van der Waals surface area contributed by atoms with Crippen molar-refractivity contribution < 1.29 is 19.8 Å². The van der Waals surface area contributed by atoms with Crippen molar-refractivity contribution >= 4 is 37.2 Å². The molecular weight excluding hydrogens is 212 g/mol. The summed E-state index contributed by atoms with van der Waals surface area (Å²) in [4.78, 5) is 19.3. The van der Waals surface area contributed by atoms with Gasteiger partial charge in [-0.1, -0.05) is 6.92 Å². The molecule has 0 heterocycles. The molecule has 13 heavy (non-hydrogen) atoms. The van der Waals surface area contributed by atoms with E-state index in [9.17, 15) is 9.59 Å². The third-order valence-corrected chi connectivity index (χ3v) is 1.20. The van der Waals surface area contributed by atoms with Gasteiger partial charge >= 0.3 is 11.9 Å². The summed E-state index contributed by atoms with van der Waals surface area (Å²) in [6.45, 7) is 1.75. The van der Waals surface area contributed by atoms with Gasteiger partial charge in [0.05, 0.1) is 12.8 Å². The first-order chi connectivity index (χ1) is 5.90. The molecule has 0 amide bonds. The van der Waals surface area contributed by atoms with Gasteiger partial charge in [-0.2, -0.15) is 25.3 Å². The van der Waals surface area contributed by atoms with E-state index in [2.05, 4.69) is 25.3 Å². The Labute approximate surface area is 88.2 Å². The number of rotatable bonds is 4. The van der Waals surface area contributed by atoms with Crippen LogP contribution in [0.3, 0.4) is 0 Å². The average molecular weight is 226 g/mol. The normalized spacial score (nSPS) is 11.0. The van der Waals surface area contributed by atoms with Gasteiger partial charge in [-0.05, 0) is 0 Å². The molecule has 78 valence electrons. The van der Waals surface area contributed by atoms with E-state index in [1.54, 1.807) is 6.92 Å². The molecule has 1 atom stereocenters. The van der Waals surface area contributed by atoms with Crippen molar-refractivity contribution in [1.29, 1.82) is 0 Å². The van der Waals surface area contributed by atoms with Crippen LogP contribution in [0.5, 0.6) is 0 Å². The van der Waals surface area contributed by atoms with Crippen molar-refractivity contribution in [2.75, 3.05) is 5.75 Å². The van der Waals surface area contributed by atoms with Crippen LogP contribution in [0.2, 0.25) is 0 Å². The van der Waals surface area contributed by atoms with Gasteiger partial charge in [-0.3, -0.25) is 9.59 Å². The van der Waals surface area contributed by atoms with Crippen molar-refractivity contribution in [1.82, 2.24) is 0 Å². The van der Waals surface area contributed by atoms with E-state index >= 15 is 0 Å². The second-order valence-corrected chi connectivity index (χ2v) is 3.64. The molecule has 0 aliphatic carbocycles. The van der Waals surface area contributed by atoms with Gasteiger partial charge in [0.1, 0.15) is 0 Å². The molecule has 0 fully saturated rings. The van der Waals surface area contributed by atoms with Crippen LogP contribution in [0.15, 0.2) is 0 Å². The maximum atomic E-state index is 9.76. The molecule has 0 rings (SSSR count). The minimum Gasteiger partial charge on any atom is -0.481 e. The van der Waals surface area contributed by atoms with Crippen LogP contribution in [-0.4, -0.2) is 33.2 Å². The lowest BCUT2D eigenvalue weighted by molar-refractivity contribution is -0.137. The zero-order valence-electron chi connectivity index (χ0n) is 7.30. The third-order valence-electron chi connectivity index (χ3n) is 0.796. The van der Waals surface area contributed by atoms with Crippen LogP contribution in [0.25, 0.3) is 0 Å². The lowest BCUT2D eigenvalue weighted by Gasteiger charge is -1.93. The molecule has 0 saturated carbocycles. The van der Waals surface area contributed by atoms with Gasteiger partial charge in [0, 0.05) is 11.0 Å². The molecule has 6 heteroatoms. The number of carboxylic acids is 2. The Balaban J connectivity index is 0. The second kappa shape index (κ2) is 9.73. The summed E-state index contributed by atoms with van der Waals surface area (Å²) < 4.78 is 0. The summed E-state index contributed by atoms with van der Waals surface area (Å²) in [6.07, 6.45) is 0.298. The fourth-order valence-corrected chi connectivity index (χ4v) is 0.696. The Bertz CT molecular complexity index is 159. The number of carboxylic acid groups (broad SMARTS) is 2. The fraction of sp³-hybridized carbons (Fsp3) is 0.714. The number of carbonyl (C=O) groups is 2. The van der Waals surface area contributed by atoms with Crippen LogP contribution >= 0.6 is 25.3 Å². The van der Waals surface area contributed by atoms with Crippen LogP contribution in [0.1, 0.15) is 19.8 Å². The molecule has 0 aromatic rings. The molecule has 0 aliphatic rings. The van der Waals surface area contributed by atoms with Gasteiger partial charge in [0.15, 0.2) is 0 Å². The van der Waals surface area contributed by atoms with Crippen molar-refractivity contribution in [2.24, 2.45) is 0 Å². The van der Waals surface area contributed by atoms with Crippen LogP contribution in [-0.2, 0) is 9.59 Å². The standard InChI is InChI=1S/C4H8O2S.C3H6O2S/c1-3(7)2-4(5)6;4-3(5)1-2-6/h3,7H,2H2,1H3,(H,5,6);6H,1-2H2,(H,4,5). The maximum Gasteiger partial charge on any atom is 0.304 e. The molecule has 0 bridgehead atoms. The highest BCUT2D eigenvalue weighted by molar-refractivity contribution is 7.81. The van der Waals surface area contributed by atoms with E-state index in [1.165, 1.54) is 0 Å². The minimum absolute atomic E-state index is 0.0301. The van der Waals surface area contributed by atoms with Gasteiger partial charge < -0.3 is 10.2 Å². The molecule has 0 saturated heterocycles. The Hall–Kier alpha value is -0.360. The van der Waals surface area contributed by atoms with E-state index < -0.39 is 11.9 Å². The van der Waals surface area contributed by atoms with Crippen molar-refractivity contribution in [3.8, 4) is 0 Å². The lowest BCUT2D eigenvalue weighted by atomic mass is 10.3. The Morgan fingerprint density at radius 3 is 1.77 bits per heavy atom. The van der Waals surface area contributed by atoms with Gasteiger partial charge in [0.2, 0.25) is 0 Å². The zero-order valence-corrected chi connectivity index (χ0v) is 9.09. The average Bonchev–Trinajstić information content (AvgIpc) is 1.83. The maximum absolute atomic E-state index is 9.76. The summed E-state index contributed by atoms with van der Waals surface area (Å²) >= 11 is 7.54. The SMILES string of the molecule is CC(S)CC(=O)O.O=C(O)CCS. The summed E-state index contributed by atoms with van der Waals surface area (Å²) in [5.74, 6) is -1.15. The molecule has 0 radical (unpaired) electrons. The molecule has 0 aliphatic heterocycles. The summed E-state index contributed by atoms with van der Waals surface area (Å²) in [5, 5.41) is 15.9. The first-order valence-corrected chi connectivity index (χ1v) is 4.77. The molecular formula is C7H14O4S2. The zero-order chi connectivity index (χ0) is 10.9. The van der Waals surface area contributed by atoms with E-state index in [1.807, 2.05) is 0 Å². The largest absolute Gasteiger partial charge is 0.481 e. The van der Waals surface area contributed by atoms with Gasteiger partial charge in [-0.15, -0.1) is 0 Å². The van der Waals surface area contributed by atoms with E-state index in [0.717, 1.165) is 0 Å². The number of hydrogen-bond donors (Lipinski definition) is 4. The molecule has 2 N–H and O–H groups in total. The highest BCUT2D eigenvalue weighted by Gasteiger charge is 1.99. The highest BCUT2D eigenvalue weighted by atomic mass is 32.1. The van der Waals surface area contributed by atoms with Crippen molar-refractivity contribution in [3.05, 3.63) is 0 Å². The topological polar surface area (TPSA) is 74.6 Å². The number of hydrogen-bond acceptors (Lipinski definition) is 4. The predicted molar refractivity (Wildman–Crippen MR) is 56.8 cm³/mol. The number of thiol groups is 2. The molecule has 4 nitrogen and oxygen atoms in total. The Morgan fingerprint density at radius 2 is 1.77 bits per heavy atom. The molecule has 0 aromatic carbocycles. The van der Waals surface area contributed by atoms with Crippen LogP contribution in [0.4, 0.5) is 0 Å². The highest BCUT2D eigenvalue weighted by Crippen LogP contribution is 1.96. The first kappa shape index (κ1) is 15.1. The smallest absolute Gasteiger partial charge is 0.304 e. The molecule has 0 aromatic heterocycles. The van der Waals surface area contributed by atoms with Gasteiger partial charge in [-0.25, -0.2) is 0 Å². The Morgan fingerprint density at radius 1 is 1.31 bits per heavy atom. The van der Waals surface area contributed by atoms with E-state index in [-0.39, 0.29) is 18.1 Å². The summed E-state index contributed by atoms with van der Waals surface area (Å²) in [6, 6.07) is 0. The van der Waals surface area contributed by atoms with Crippen molar-refractivity contribution in [2.45, 2.75) is 25.0 Å². The predicted octanol–water partition coefficient (Wildman–Crippen LogP) is 1.17. The van der Waals surface area contributed by atoms with Gasteiger partial charge in [0.25, 0.3) is 0 Å². The summed E-state index contributed by atoms with van der Waals surface area (Å²) in [5.41, 5.74) is 0. The minimum atomic E-state index is -0.789. The lowest BCUT2D eigenvalue weighted by Crippen LogP contribution is -2.01. The second-order valence-electron chi connectivity index (χ2n) is 2.31.